The van der Waals surface area contributed by atoms with Gasteiger partial charge < -0.3 is 35.0 Å². The highest BCUT2D eigenvalue weighted by atomic mass is 16.5. The fourth-order valence-corrected chi connectivity index (χ4v) is 1.68. The van der Waals surface area contributed by atoms with Crippen molar-refractivity contribution in [3.05, 3.63) is 25.3 Å². The summed E-state index contributed by atoms with van der Waals surface area (Å²) in [4.78, 5) is 51.4. The second-order valence-corrected chi connectivity index (χ2v) is 7.55. The molecule has 0 fully saturated rings. The molecule has 35 heavy (non-hydrogen) atoms. The van der Waals surface area contributed by atoms with Crippen molar-refractivity contribution in [2.75, 3.05) is 13.2 Å². The highest BCUT2D eigenvalue weighted by molar-refractivity contribution is 5.81. The summed E-state index contributed by atoms with van der Waals surface area (Å²) in [6, 6.07) is 0. The van der Waals surface area contributed by atoms with Crippen LogP contribution in [0.3, 0.4) is 0 Å². The normalized spacial score (nSPS) is 9.97. The van der Waals surface area contributed by atoms with Gasteiger partial charge in [-0.25, -0.2) is 9.59 Å². The second kappa shape index (κ2) is 22.5. The smallest absolute Gasteiger partial charge is 0.330 e. The van der Waals surface area contributed by atoms with Gasteiger partial charge in [-0.05, 0) is 52.4 Å². The van der Waals surface area contributed by atoms with E-state index in [1.165, 1.54) is 13.8 Å². The number of aliphatic hydroxyl groups is 2. The Hall–Kier alpha value is -3.25. The van der Waals surface area contributed by atoms with Crippen molar-refractivity contribution in [1.82, 2.24) is 0 Å². The van der Waals surface area contributed by atoms with E-state index in [1.807, 2.05) is 0 Å². The van der Waals surface area contributed by atoms with E-state index < -0.39 is 41.6 Å². The molecule has 0 unspecified atom stereocenters. The van der Waals surface area contributed by atoms with Crippen LogP contribution in [0.4, 0.5) is 0 Å². The predicted molar refractivity (Wildman–Crippen MR) is 124 cm³/mol. The molecule has 0 aromatic heterocycles. The lowest BCUT2D eigenvalue weighted by atomic mass is 9.93. The van der Waals surface area contributed by atoms with Gasteiger partial charge in [0, 0.05) is 25.0 Å². The molecule has 0 rings (SSSR count). The average Bonchev–Trinajstić information content (AvgIpc) is 2.78. The van der Waals surface area contributed by atoms with Crippen LogP contribution in [-0.2, 0) is 33.4 Å². The van der Waals surface area contributed by atoms with E-state index in [0.29, 0.717) is 38.9 Å². The fraction of sp³-hybridized carbons (Fsp3) is 0.609. The largest absolute Gasteiger partial charge is 0.481 e. The van der Waals surface area contributed by atoms with Crippen molar-refractivity contribution >= 4 is 29.8 Å². The van der Waals surface area contributed by atoms with E-state index in [4.69, 9.17) is 35.0 Å². The standard InChI is InChI=1S/2C9H14O4.C5H10O4/c2*1-2-9(12)13-7-5-3-4-6-8(10)11;1-5(2,3(6)7)4(8)9/h2*2H,1,3-7H2,(H,10,11);3,6-7H,1-2H3,(H,8,9). The van der Waals surface area contributed by atoms with Gasteiger partial charge in [0.05, 0.1) is 13.2 Å². The Labute approximate surface area is 204 Å². The Bertz CT molecular complexity index is 625. The van der Waals surface area contributed by atoms with Gasteiger partial charge >= 0.3 is 29.8 Å². The molecule has 0 amide bonds. The molecule has 0 aliphatic rings. The van der Waals surface area contributed by atoms with Crippen LogP contribution in [0.1, 0.15) is 65.2 Å². The highest BCUT2D eigenvalue weighted by Crippen LogP contribution is 2.18. The maximum atomic E-state index is 10.5. The number of ether oxygens (including phenoxy) is 2. The number of rotatable bonds is 16. The van der Waals surface area contributed by atoms with Crippen LogP contribution in [0.5, 0.6) is 0 Å². The maximum Gasteiger partial charge on any atom is 0.330 e. The number of carbonyl (C=O) groups excluding carboxylic acids is 2. The third-order valence-corrected chi connectivity index (χ3v) is 4.09. The summed E-state index contributed by atoms with van der Waals surface area (Å²) < 4.78 is 9.39. The van der Waals surface area contributed by atoms with Crippen molar-refractivity contribution in [2.45, 2.75) is 71.5 Å². The molecule has 0 aliphatic heterocycles. The van der Waals surface area contributed by atoms with Crippen LogP contribution in [0.2, 0.25) is 0 Å². The van der Waals surface area contributed by atoms with E-state index in [-0.39, 0.29) is 12.8 Å². The molecule has 12 heteroatoms. The van der Waals surface area contributed by atoms with Crippen molar-refractivity contribution in [3.63, 3.8) is 0 Å². The third-order valence-electron chi connectivity index (χ3n) is 4.09. The van der Waals surface area contributed by atoms with Crippen LogP contribution in [-0.4, -0.2) is 74.9 Å². The van der Waals surface area contributed by atoms with Crippen molar-refractivity contribution in [3.8, 4) is 0 Å². The molecule has 12 nitrogen and oxygen atoms in total. The summed E-state index contributed by atoms with van der Waals surface area (Å²) >= 11 is 0. The number of aliphatic hydroxyl groups excluding tert-OH is 1. The van der Waals surface area contributed by atoms with Crippen LogP contribution >= 0.6 is 0 Å². The van der Waals surface area contributed by atoms with E-state index in [1.54, 1.807) is 0 Å². The number of esters is 2. The number of carboxylic acid groups (broad SMARTS) is 3. The molecule has 5 N–H and O–H groups in total. The number of carboxylic acids is 3. The summed E-state index contributed by atoms with van der Waals surface area (Å²) in [5.41, 5.74) is -1.47. The molecule has 0 atom stereocenters. The van der Waals surface area contributed by atoms with Crippen LogP contribution in [0, 0.1) is 5.41 Å². The average molecular weight is 507 g/mol. The SMILES string of the molecule is C=CC(=O)OCCCCCC(=O)O.C=CC(=O)OCCCCCC(=O)O.CC(C)(C(=O)O)C(O)O. The first-order chi connectivity index (χ1) is 16.2. The Morgan fingerprint density at radius 3 is 1.26 bits per heavy atom. The minimum atomic E-state index is -1.81. The molecule has 0 saturated heterocycles. The first-order valence-corrected chi connectivity index (χ1v) is 10.8. The quantitative estimate of drug-likeness (QED) is 0.0883. The zero-order chi connectivity index (χ0) is 27.9. The minimum Gasteiger partial charge on any atom is -0.481 e. The third kappa shape index (κ3) is 26.9. The summed E-state index contributed by atoms with van der Waals surface area (Å²) in [7, 11) is 0. The monoisotopic (exact) mass is 506 g/mol. The van der Waals surface area contributed by atoms with Crippen molar-refractivity contribution in [2.24, 2.45) is 5.41 Å². The van der Waals surface area contributed by atoms with Crippen LogP contribution < -0.4 is 0 Å². The fourth-order valence-electron chi connectivity index (χ4n) is 1.68. The van der Waals surface area contributed by atoms with Gasteiger partial charge in [-0.3, -0.25) is 14.4 Å². The van der Waals surface area contributed by atoms with E-state index >= 15 is 0 Å². The Kier molecular flexibility index (Phi) is 23.4. The molecule has 0 aromatic rings. The summed E-state index contributed by atoms with van der Waals surface area (Å²) in [5, 5.41) is 41.7. The molecule has 0 bridgehead atoms. The zero-order valence-corrected chi connectivity index (χ0v) is 20.3. The highest BCUT2D eigenvalue weighted by Gasteiger charge is 2.34. The molecule has 0 saturated carbocycles. The zero-order valence-electron chi connectivity index (χ0n) is 20.3. The number of aliphatic carboxylic acids is 3. The Balaban J connectivity index is -0.000000448. The van der Waals surface area contributed by atoms with Crippen molar-refractivity contribution in [1.29, 1.82) is 0 Å². The second-order valence-electron chi connectivity index (χ2n) is 7.55. The predicted octanol–water partition coefficient (Wildman–Crippen LogP) is 2.13. The molecule has 0 aromatic carbocycles. The van der Waals surface area contributed by atoms with Gasteiger partial charge in [-0.1, -0.05) is 13.2 Å². The Morgan fingerprint density at radius 1 is 0.714 bits per heavy atom. The van der Waals surface area contributed by atoms with Gasteiger partial charge in [0.1, 0.15) is 5.41 Å². The summed E-state index contributed by atoms with van der Waals surface area (Å²) in [6.07, 6.45) is 4.93. The lowest BCUT2D eigenvalue weighted by Gasteiger charge is -2.20. The molecule has 0 spiro atoms. The Morgan fingerprint density at radius 2 is 1.06 bits per heavy atom. The first kappa shape index (κ1) is 36.3. The molecule has 0 radical (unpaired) electrons. The van der Waals surface area contributed by atoms with Gasteiger partial charge in [0.2, 0.25) is 0 Å². The van der Waals surface area contributed by atoms with E-state index in [2.05, 4.69) is 13.2 Å². The van der Waals surface area contributed by atoms with Crippen molar-refractivity contribution < 1.29 is 59.0 Å². The van der Waals surface area contributed by atoms with E-state index in [9.17, 15) is 24.0 Å². The lowest BCUT2D eigenvalue weighted by molar-refractivity contribution is -0.174. The molecule has 0 aliphatic carbocycles. The topological polar surface area (TPSA) is 205 Å². The van der Waals surface area contributed by atoms with Gasteiger partial charge in [0.25, 0.3) is 0 Å². The van der Waals surface area contributed by atoms with Crippen LogP contribution in [0.15, 0.2) is 25.3 Å². The van der Waals surface area contributed by atoms with Gasteiger partial charge in [0.15, 0.2) is 6.29 Å². The van der Waals surface area contributed by atoms with Crippen LogP contribution in [0.25, 0.3) is 0 Å². The molecule has 0 heterocycles. The van der Waals surface area contributed by atoms with Gasteiger partial charge in [-0.15, -0.1) is 0 Å². The maximum absolute atomic E-state index is 10.5. The summed E-state index contributed by atoms with van der Waals surface area (Å²) in [5.74, 6) is -3.67. The molecular formula is C23H38O12. The lowest BCUT2D eigenvalue weighted by Crippen LogP contribution is -2.36. The van der Waals surface area contributed by atoms with E-state index in [0.717, 1.165) is 25.0 Å². The minimum absolute atomic E-state index is 0.176. The number of unbranched alkanes of at least 4 members (excludes halogenated alkanes) is 4. The first-order valence-electron chi connectivity index (χ1n) is 10.8. The number of hydrogen-bond donors (Lipinski definition) is 5. The van der Waals surface area contributed by atoms with Gasteiger partial charge in [-0.2, -0.15) is 0 Å². The summed E-state index contributed by atoms with van der Waals surface area (Å²) in [6.45, 7) is 9.64. The number of carbonyl (C=O) groups is 5. The molecule has 202 valence electrons. The molecular weight excluding hydrogens is 468 g/mol. The number of hydrogen-bond acceptors (Lipinski definition) is 9.